The Morgan fingerprint density at radius 3 is 2.38 bits per heavy atom. The molecule has 0 aliphatic carbocycles. The Morgan fingerprint density at radius 2 is 1.94 bits per heavy atom. The number of aliphatic carboxylic acids is 1. The molecule has 0 bridgehead atoms. The van der Waals surface area contributed by atoms with Crippen molar-refractivity contribution in [2.45, 2.75) is 6.10 Å². The molecule has 4 N–H and O–H groups in total. The van der Waals surface area contributed by atoms with Gasteiger partial charge in [-0.05, 0) is 0 Å². The second-order valence-corrected chi connectivity index (χ2v) is 3.07. The van der Waals surface area contributed by atoms with Crippen LogP contribution in [0.1, 0.15) is 0 Å². The molecule has 0 aliphatic rings. The minimum Gasteiger partial charge on any atom is -0.479 e. The summed E-state index contributed by atoms with van der Waals surface area (Å²) in [6.45, 7) is -0.558. The van der Waals surface area contributed by atoms with Crippen LogP contribution in [0.2, 0.25) is 0 Å². The first-order valence-electron chi connectivity index (χ1n) is 4.49. The predicted molar refractivity (Wildman–Crippen MR) is 53.7 cm³/mol. The molecule has 0 radical (unpaired) electrons. The summed E-state index contributed by atoms with van der Waals surface area (Å²) in [7, 11) is 2.81. The Kier molecular flexibility index (Phi) is 5.86. The summed E-state index contributed by atoms with van der Waals surface area (Å²) in [5.41, 5.74) is 0. The van der Waals surface area contributed by atoms with Crippen molar-refractivity contribution >= 4 is 17.9 Å². The van der Waals surface area contributed by atoms with E-state index in [1.165, 1.54) is 14.1 Å². The highest BCUT2D eigenvalue weighted by molar-refractivity contribution is 5.84. The van der Waals surface area contributed by atoms with E-state index in [-0.39, 0.29) is 12.5 Å². The van der Waals surface area contributed by atoms with Crippen molar-refractivity contribution in [1.29, 1.82) is 0 Å². The molecule has 0 unspecified atom stereocenters. The molecule has 8 nitrogen and oxygen atoms in total. The Hall–Kier alpha value is -1.83. The minimum absolute atomic E-state index is 0.147. The fourth-order valence-corrected chi connectivity index (χ4v) is 0.773. The number of aliphatic hydroxyl groups excluding tert-OH is 1. The molecule has 0 fully saturated rings. The van der Waals surface area contributed by atoms with Crippen molar-refractivity contribution in [3.05, 3.63) is 0 Å². The first kappa shape index (κ1) is 14.2. The van der Waals surface area contributed by atoms with Crippen molar-refractivity contribution in [3.8, 4) is 0 Å². The van der Waals surface area contributed by atoms with Crippen LogP contribution in [0.15, 0.2) is 0 Å². The lowest BCUT2D eigenvalue weighted by Gasteiger charge is -2.17. The van der Waals surface area contributed by atoms with Crippen LogP contribution in [0, 0.1) is 0 Å². The Labute approximate surface area is 92.2 Å². The van der Waals surface area contributed by atoms with E-state index in [0.29, 0.717) is 0 Å². The van der Waals surface area contributed by atoms with Crippen LogP contribution in [0.4, 0.5) is 4.79 Å². The third-order valence-corrected chi connectivity index (χ3v) is 1.74. The smallest absolute Gasteiger partial charge is 0.334 e. The summed E-state index contributed by atoms with van der Waals surface area (Å²) >= 11 is 0. The molecule has 16 heavy (non-hydrogen) atoms. The van der Waals surface area contributed by atoms with Gasteiger partial charge in [-0.15, -0.1) is 0 Å². The van der Waals surface area contributed by atoms with Gasteiger partial charge in [0.1, 0.15) is 6.54 Å². The van der Waals surface area contributed by atoms with Crippen LogP contribution in [-0.2, 0) is 9.59 Å². The number of carboxylic acids is 1. The van der Waals surface area contributed by atoms with Crippen molar-refractivity contribution in [2.75, 3.05) is 27.2 Å². The molecule has 0 aromatic heterocycles. The zero-order chi connectivity index (χ0) is 12.7. The number of carbonyl (C=O) groups is 3. The molecule has 0 aromatic rings. The molecule has 92 valence electrons. The van der Waals surface area contributed by atoms with Gasteiger partial charge in [0.2, 0.25) is 5.91 Å². The number of hydrogen-bond acceptors (Lipinski definition) is 4. The number of carboxylic acid groups (broad SMARTS) is 1. The van der Waals surface area contributed by atoms with Crippen molar-refractivity contribution in [3.63, 3.8) is 0 Å². The molecule has 0 aromatic carbocycles. The fourth-order valence-electron chi connectivity index (χ4n) is 0.773. The van der Waals surface area contributed by atoms with Crippen molar-refractivity contribution < 1.29 is 24.6 Å². The summed E-state index contributed by atoms with van der Waals surface area (Å²) in [6.07, 6.45) is -1.66. The summed E-state index contributed by atoms with van der Waals surface area (Å²) < 4.78 is 0. The molecule has 1 atom stereocenters. The van der Waals surface area contributed by atoms with Crippen LogP contribution < -0.4 is 10.6 Å². The van der Waals surface area contributed by atoms with E-state index in [9.17, 15) is 14.4 Å². The zero-order valence-corrected chi connectivity index (χ0v) is 9.06. The van der Waals surface area contributed by atoms with Gasteiger partial charge in [-0.1, -0.05) is 0 Å². The van der Waals surface area contributed by atoms with Crippen LogP contribution in [0.3, 0.4) is 0 Å². The monoisotopic (exact) mass is 233 g/mol. The van der Waals surface area contributed by atoms with Crippen molar-refractivity contribution in [1.82, 2.24) is 15.5 Å². The average molecular weight is 233 g/mol. The molecule has 0 spiro atoms. The molecule has 0 saturated carbocycles. The van der Waals surface area contributed by atoms with Gasteiger partial charge in [-0.2, -0.15) is 0 Å². The molecule has 3 amide bonds. The summed E-state index contributed by atoms with van der Waals surface area (Å²) in [5.74, 6) is -1.77. The fraction of sp³-hybridized carbons (Fsp3) is 0.625. The lowest BCUT2D eigenvalue weighted by atomic mass is 10.3. The van der Waals surface area contributed by atoms with Gasteiger partial charge >= 0.3 is 12.0 Å². The number of amides is 3. The normalized spacial score (nSPS) is 11.4. The van der Waals surface area contributed by atoms with Gasteiger partial charge in [0, 0.05) is 14.1 Å². The van der Waals surface area contributed by atoms with Crippen LogP contribution in [0.5, 0.6) is 0 Å². The SMILES string of the molecule is CNC(=O)CN(C)C(=O)NC[C@H](O)C(=O)O. The minimum atomic E-state index is -1.66. The Morgan fingerprint density at radius 1 is 1.38 bits per heavy atom. The predicted octanol–water partition coefficient (Wildman–Crippen LogP) is -2.18. The summed E-state index contributed by atoms with van der Waals surface area (Å²) in [4.78, 5) is 33.4. The van der Waals surface area contributed by atoms with Crippen LogP contribution in [-0.4, -0.2) is 66.3 Å². The quantitative estimate of drug-likeness (QED) is 0.430. The second kappa shape index (κ2) is 6.62. The average Bonchev–Trinajstić information content (AvgIpc) is 2.24. The van der Waals surface area contributed by atoms with E-state index >= 15 is 0 Å². The number of carbonyl (C=O) groups excluding carboxylic acids is 2. The molecule has 0 heterocycles. The van der Waals surface area contributed by atoms with Gasteiger partial charge < -0.3 is 25.7 Å². The molecular formula is C8H15N3O5. The highest BCUT2D eigenvalue weighted by Crippen LogP contribution is 1.86. The van der Waals surface area contributed by atoms with Gasteiger partial charge in [0.05, 0.1) is 6.54 Å². The van der Waals surface area contributed by atoms with Crippen molar-refractivity contribution in [2.24, 2.45) is 0 Å². The highest BCUT2D eigenvalue weighted by atomic mass is 16.4. The van der Waals surface area contributed by atoms with E-state index in [4.69, 9.17) is 10.2 Å². The van der Waals surface area contributed by atoms with E-state index in [0.717, 1.165) is 4.90 Å². The summed E-state index contributed by atoms with van der Waals surface area (Å²) in [6, 6.07) is -0.635. The topological polar surface area (TPSA) is 119 Å². The Bertz CT molecular complexity index is 281. The zero-order valence-electron chi connectivity index (χ0n) is 9.06. The first-order chi connectivity index (χ1) is 7.38. The molecule has 0 rings (SSSR count). The number of hydrogen-bond donors (Lipinski definition) is 4. The standard InChI is InChI=1S/C8H15N3O5/c1-9-6(13)4-11(2)8(16)10-3-5(12)7(14)15/h5,12H,3-4H2,1-2H3,(H,9,13)(H,10,16)(H,14,15)/t5-/m0/s1. The maximum Gasteiger partial charge on any atom is 0.334 e. The molecular weight excluding hydrogens is 218 g/mol. The molecule has 8 heteroatoms. The van der Waals surface area contributed by atoms with E-state index in [2.05, 4.69) is 10.6 Å². The molecule has 0 saturated heterocycles. The van der Waals surface area contributed by atoms with E-state index in [1.807, 2.05) is 0 Å². The lowest BCUT2D eigenvalue weighted by molar-refractivity contribution is -0.146. The van der Waals surface area contributed by atoms with Gasteiger partial charge in [0.25, 0.3) is 0 Å². The Balaban J connectivity index is 3.97. The van der Waals surface area contributed by atoms with Gasteiger partial charge in [0.15, 0.2) is 6.10 Å². The highest BCUT2D eigenvalue weighted by Gasteiger charge is 2.16. The summed E-state index contributed by atoms with van der Waals surface area (Å²) in [5, 5.41) is 21.7. The number of nitrogens with one attached hydrogen (secondary N) is 2. The number of rotatable bonds is 5. The lowest BCUT2D eigenvalue weighted by Crippen LogP contribution is -2.45. The van der Waals surface area contributed by atoms with Gasteiger partial charge in [-0.3, -0.25) is 4.79 Å². The second-order valence-electron chi connectivity index (χ2n) is 3.07. The largest absolute Gasteiger partial charge is 0.479 e. The number of urea groups is 1. The van der Waals surface area contributed by atoms with Gasteiger partial charge in [-0.25, -0.2) is 9.59 Å². The maximum absolute atomic E-state index is 11.3. The maximum atomic E-state index is 11.3. The van der Waals surface area contributed by atoms with Crippen LogP contribution in [0.25, 0.3) is 0 Å². The number of likely N-dealkylation sites (N-methyl/N-ethyl adjacent to an activating group) is 2. The third-order valence-electron chi connectivity index (χ3n) is 1.74. The number of aliphatic hydroxyl groups is 1. The number of nitrogens with zero attached hydrogens (tertiary/aromatic N) is 1. The van der Waals surface area contributed by atoms with E-state index in [1.54, 1.807) is 0 Å². The van der Waals surface area contributed by atoms with E-state index < -0.39 is 24.6 Å². The first-order valence-corrected chi connectivity index (χ1v) is 4.49. The third kappa shape index (κ3) is 5.15. The van der Waals surface area contributed by atoms with Crippen LogP contribution >= 0.6 is 0 Å². The molecule has 0 aliphatic heterocycles.